The Bertz CT molecular complexity index is 474. The van der Waals surface area contributed by atoms with Crippen LogP contribution in [0.1, 0.15) is 12.0 Å². The molecule has 0 aromatic heterocycles. The van der Waals surface area contributed by atoms with Gasteiger partial charge in [0.15, 0.2) is 11.5 Å². The van der Waals surface area contributed by atoms with Gasteiger partial charge in [0.25, 0.3) is 0 Å². The number of thiocyanates is 1. The topological polar surface area (TPSA) is 51.5 Å². The number of thioether (sulfide) groups is 1. The monoisotopic (exact) mass is 301 g/mol. The highest BCUT2D eigenvalue weighted by Gasteiger charge is 2.19. The second kappa shape index (κ2) is 8.03. The van der Waals surface area contributed by atoms with Gasteiger partial charge in [-0.05, 0) is 36.2 Å². The van der Waals surface area contributed by atoms with Crippen LogP contribution in [-0.4, -0.2) is 27.1 Å². The Balaban J connectivity index is 3.04. The normalized spacial score (nSPS) is 9.84. The van der Waals surface area contributed by atoms with Crippen LogP contribution < -0.4 is 14.2 Å². The number of benzene rings is 1. The predicted molar refractivity (Wildman–Crippen MR) is 77.5 cm³/mol. The largest absolute Gasteiger partial charge is 0.492 e. The number of methoxy groups -OCH3 is 3. The van der Waals surface area contributed by atoms with Gasteiger partial charge in [0.1, 0.15) is 5.40 Å². The number of aryl methyl sites for hydroxylation is 1. The van der Waals surface area contributed by atoms with Crippen molar-refractivity contribution in [2.24, 2.45) is 0 Å². The van der Waals surface area contributed by atoms with Crippen molar-refractivity contribution in [2.45, 2.75) is 12.8 Å². The van der Waals surface area contributed by atoms with Gasteiger partial charge in [-0.1, -0.05) is 11.6 Å². The number of hydrogen-bond donors (Lipinski definition) is 0. The molecule has 4 nitrogen and oxygen atoms in total. The Morgan fingerprint density at radius 3 is 2.32 bits per heavy atom. The van der Waals surface area contributed by atoms with Crippen LogP contribution in [-0.2, 0) is 6.42 Å². The summed E-state index contributed by atoms with van der Waals surface area (Å²) in [6, 6.07) is 1.82. The van der Waals surface area contributed by atoms with E-state index in [0.29, 0.717) is 22.3 Å². The fourth-order valence-electron chi connectivity index (χ4n) is 1.81. The second-order valence-corrected chi connectivity index (χ2v) is 4.95. The van der Waals surface area contributed by atoms with E-state index in [4.69, 9.17) is 31.1 Å². The summed E-state index contributed by atoms with van der Waals surface area (Å²) in [5, 5.41) is 11.0. The summed E-state index contributed by atoms with van der Waals surface area (Å²) in [6.45, 7) is 0. The van der Waals surface area contributed by atoms with E-state index in [9.17, 15) is 0 Å². The van der Waals surface area contributed by atoms with Gasteiger partial charge in [-0.2, -0.15) is 5.26 Å². The third kappa shape index (κ3) is 3.85. The van der Waals surface area contributed by atoms with Gasteiger partial charge in [-0.25, -0.2) is 0 Å². The molecule has 0 heterocycles. The van der Waals surface area contributed by atoms with Gasteiger partial charge in [0.2, 0.25) is 5.75 Å². The van der Waals surface area contributed by atoms with Gasteiger partial charge in [-0.15, -0.1) is 0 Å². The van der Waals surface area contributed by atoms with Gasteiger partial charge in [-0.3, -0.25) is 0 Å². The average molecular weight is 302 g/mol. The minimum absolute atomic E-state index is 0.469. The Morgan fingerprint density at radius 1 is 1.16 bits per heavy atom. The van der Waals surface area contributed by atoms with Crippen molar-refractivity contribution in [2.75, 3.05) is 27.1 Å². The summed E-state index contributed by atoms with van der Waals surface area (Å²) in [6.07, 6.45) is 1.62. The molecule has 0 spiro atoms. The summed E-state index contributed by atoms with van der Waals surface area (Å²) in [7, 11) is 4.66. The fourth-order valence-corrected chi connectivity index (χ4v) is 2.48. The Hall–Kier alpha value is -1.25. The first-order chi connectivity index (χ1) is 9.19. The number of ether oxygens (including phenoxy) is 3. The van der Waals surface area contributed by atoms with Crippen LogP contribution in [0.15, 0.2) is 6.07 Å². The molecule has 0 aliphatic rings. The molecular formula is C13H16ClNO3S. The first-order valence-electron chi connectivity index (χ1n) is 5.67. The van der Waals surface area contributed by atoms with E-state index in [1.54, 1.807) is 14.2 Å². The lowest BCUT2D eigenvalue weighted by Gasteiger charge is -2.17. The minimum Gasteiger partial charge on any atom is -0.492 e. The third-order valence-electron chi connectivity index (χ3n) is 2.59. The molecule has 0 unspecified atom stereocenters. The Morgan fingerprint density at radius 2 is 1.79 bits per heavy atom. The maximum absolute atomic E-state index is 8.49. The van der Waals surface area contributed by atoms with E-state index in [-0.39, 0.29) is 0 Å². The van der Waals surface area contributed by atoms with E-state index in [2.05, 4.69) is 0 Å². The van der Waals surface area contributed by atoms with E-state index >= 15 is 0 Å². The molecule has 1 aromatic rings. The second-order valence-electron chi connectivity index (χ2n) is 3.66. The first-order valence-corrected chi connectivity index (χ1v) is 7.04. The Kier molecular flexibility index (Phi) is 6.68. The number of nitrogens with zero attached hydrogens (tertiary/aromatic N) is 1. The van der Waals surface area contributed by atoms with Crippen molar-refractivity contribution >= 4 is 23.4 Å². The molecule has 6 heteroatoms. The predicted octanol–water partition coefficient (Wildman–Crippen LogP) is 3.51. The first kappa shape index (κ1) is 15.8. The highest BCUT2D eigenvalue weighted by atomic mass is 35.5. The van der Waals surface area contributed by atoms with Crippen LogP contribution in [0.3, 0.4) is 0 Å². The zero-order chi connectivity index (χ0) is 14.3. The molecular weight excluding hydrogens is 286 g/mol. The van der Waals surface area contributed by atoms with E-state index in [0.717, 1.165) is 24.2 Å². The highest BCUT2D eigenvalue weighted by Crippen LogP contribution is 2.45. The number of halogens is 1. The zero-order valence-electron chi connectivity index (χ0n) is 11.2. The molecule has 104 valence electrons. The van der Waals surface area contributed by atoms with Crippen molar-refractivity contribution < 1.29 is 14.2 Å². The molecule has 19 heavy (non-hydrogen) atoms. The quantitative estimate of drug-likeness (QED) is 0.570. The van der Waals surface area contributed by atoms with Crippen molar-refractivity contribution in [3.05, 3.63) is 16.7 Å². The molecule has 0 saturated carbocycles. The van der Waals surface area contributed by atoms with Crippen molar-refractivity contribution in [3.8, 4) is 22.6 Å². The van der Waals surface area contributed by atoms with Gasteiger partial charge < -0.3 is 14.2 Å². The molecule has 0 radical (unpaired) electrons. The molecule has 0 aliphatic heterocycles. The molecule has 0 saturated heterocycles. The average Bonchev–Trinajstić information content (AvgIpc) is 2.42. The smallest absolute Gasteiger partial charge is 0.205 e. The number of rotatable bonds is 7. The summed E-state index contributed by atoms with van der Waals surface area (Å²) >= 11 is 7.40. The molecule has 0 aliphatic carbocycles. The summed E-state index contributed by atoms with van der Waals surface area (Å²) in [4.78, 5) is 0. The molecule has 0 N–H and O–H groups in total. The van der Waals surface area contributed by atoms with Crippen LogP contribution in [0.5, 0.6) is 17.2 Å². The lowest BCUT2D eigenvalue weighted by molar-refractivity contribution is 0.322. The van der Waals surface area contributed by atoms with Crippen LogP contribution in [0, 0.1) is 10.7 Å². The summed E-state index contributed by atoms with van der Waals surface area (Å²) in [5.74, 6) is 2.37. The zero-order valence-corrected chi connectivity index (χ0v) is 12.7. The standard InChI is InChI=1S/C13H16ClNO3S/c1-16-11-9(5-4-6-19-8-15)7-10(14)12(17-2)13(11)18-3/h7H,4-6H2,1-3H3. The van der Waals surface area contributed by atoms with Crippen molar-refractivity contribution in [1.29, 1.82) is 5.26 Å². The number of hydrogen-bond acceptors (Lipinski definition) is 5. The number of nitriles is 1. The molecule has 0 fully saturated rings. The summed E-state index contributed by atoms with van der Waals surface area (Å²) < 4.78 is 15.9. The van der Waals surface area contributed by atoms with Crippen LogP contribution in [0.25, 0.3) is 0 Å². The van der Waals surface area contributed by atoms with Crippen LogP contribution in [0.2, 0.25) is 5.02 Å². The third-order valence-corrected chi connectivity index (χ3v) is 3.49. The van der Waals surface area contributed by atoms with Crippen LogP contribution in [0.4, 0.5) is 0 Å². The van der Waals surface area contributed by atoms with Gasteiger partial charge >= 0.3 is 0 Å². The maximum atomic E-state index is 8.49. The summed E-state index contributed by atoms with van der Waals surface area (Å²) in [5.41, 5.74) is 0.948. The van der Waals surface area contributed by atoms with Crippen LogP contribution >= 0.6 is 23.4 Å². The molecule has 0 amide bonds. The lowest BCUT2D eigenvalue weighted by atomic mass is 10.1. The molecule has 0 atom stereocenters. The lowest BCUT2D eigenvalue weighted by Crippen LogP contribution is -2.00. The van der Waals surface area contributed by atoms with E-state index in [1.165, 1.54) is 18.9 Å². The molecule has 1 aromatic carbocycles. The maximum Gasteiger partial charge on any atom is 0.205 e. The molecule has 0 bridgehead atoms. The van der Waals surface area contributed by atoms with Crippen molar-refractivity contribution in [3.63, 3.8) is 0 Å². The molecule has 1 rings (SSSR count). The fraction of sp³-hybridized carbons (Fsp3) is 0.462. The SMILES string of the molecule is COc1c(Cl)cc(CCCSC#N)c(OC)c1OC. The van der Waals surface area contributed by atoms with E-state index in [1.807, 2.05) is 11.5 Å². The minimum atomic E-state index is 0.469. The van der Waals surface area contributed by atoms with Gasteiger partial charge in [0.05, 0.1) is 26.4 Å². The highest BCUT2D eigenvalue weighted by molar-refractivity contribution is 8.03. The van der Waals surface area contributed by atoms with Crippen molar-refractivity contribution in [1.82, 2.24) is 0 Å². The van der Waals surface area contributed by atoms with Gasteiger partial charge in [0, 0.05) is 5.75 Å². The Labute approximate surface area is 122 Å². The van der Waals surface area contributed by atoms with E-state index < -0.39 is 0 Å².